The molecule has 18 heavy (non-hydrogen) atoms. The lowest BCUT2D eigenvalue weighted by atomic mass is 9.76. The van der Waals surface area contributed by atoms with Crippen LogP contribution in [0.25, 0.3) is 0 Å². The molecule has 0 radical (unpaired) electrons. The average molecular weight is 266 g/mol. The van der Waals surface area contributed by atoms with E-state index in [0.29, 0.717) is 5.02 Å². The average Bonchev–Trinajstić information content (AvgIpc) is 2.83. The van der Waals surface area contributed by atoms with E-state index in [1.165, 1.54) is 12.0 Å². The number of hydrogen-bond donors (Lipinski definition) is 2. The lowest BCUT2D eigenvalue weighted by Crippen LogP contribution is -2.38. The van der Waals surface area contributed by atoms with Crippen molar-refractivity contribution in [1.82, 2.24) is 0 Å². The Morgan fingerprint density at radius 3 is 2.56 bits per heavy atom. The van der Waals surface area contributed by atoms with Crippen LogP contribution in [0.3, 0.4) is 0 Å². The Morgan fingerprint density at radius 2 is 1.83 bits per heavy atom. The largest absolute Gasteiger partial charge is 0.506 e. The van der Waals surface area contributed by atoms with Crippen molar-refractivity contribution in [3.05, 3.63) is 27.8 Å². The summed E-state index contributed by atoms with van der Waals surface area (Å²) < 4.78 is 0. The van der Waals surface area contributed by atoms with Gasteiger partial charge in [-0.25, -0.2) is 0 Å². The van der Waals surface area contributed by atoms with E-state index in [9.17, 15) is 5.11 Å². The number of benzene rings is 1. The van der Waals surface area contributed by atoms with E-state index in [2.05, 4.69) is 6.07 Å². The number of phenolic OH excluding ortho intramolecular Hbond substituents is 1. The van der Waals surface area contributed by atoms with Gasteiger partial charge in [-0.3, -0.25) is 0 Å². The summed E-state index contributed by atoms with van der Waals surface area (Å²) in [6.45, 7) is 0. The number of aryl methyl sites for hydroxylation is 1. The molecule has 0 heterocycles. The summed E-state index contributed by atoms with van der Waals surface area (Å²) >= 11 is 6.32. The van der Waals surface area contributed by atoms with Crippen molar-refractivity contribution >= 4 is 11.6 Å². The van der Waals surface area contributed by atoms with E-state index >= 15 is 0 Å². The van der Waals surface area contributed by atoms with Crippen molar-refractivity contribution in [2.45, 2.75) is 56.9 Å². The highest BCUT2D eigenvalue weighted by Gasteiger charge is 2.34. The molecule has 0 spiro atoms. The molecule has 2 nitrogen and oxygen atoms in total. The minimum Gasteiger partial charge on any atom is -0.506 e. The van der Waals surface area contributed by atoms with Crippen molar-refractivity contribution in [2.75, 3.05) is 0 Å². The maximum atomic E-state index is 10.4. The summed E-state index contributed by atoms with van der Waals surface area (Å²) in [5, 5.41) is 10.9. The number of hydrogen-bond acceptors (Lipinski definition) is 2. The minimum absolute atomic E-state index is 0.238. The molecule has 0 aromatic heterocycles. The molecule has 0 saturated heterocycles. The van der Waals surface area contributed by atoms with Crippen molar-refractivity contribution in [2.24, 2.45) is 5.73 Å². The van der Waals surface area contributed by atoms with Gasteiger partial charge in [0.1, 0.15) is 5.75 Å². The van der Waals surface area contributed by atoms with Crippen molar-refractivity contribution < 1.29 is 5.11 Å². The lowest BCUT2D eigenvalue weighted by Gasteiger charge is -2.35. The second-order valence-corrected chi connectivity index (χ2v) is 6.17. The standard InChI is InChI=1S/C15H20ClNO/c16-13-11-6-4-5-10(11)9-12(14(13)18)15(17)7-2-1-3-8-15/h9,18H,1-8,17H2. The third-order valence-corrected chi connectivity index (χ3v) is 5.00. The van der Waals surface area contributed by atoms with Gasteiger partial charge in [-0.1, -0.05) is 30.9 Å². The van der Waals surface area contributed by atoms with Gasteiger partial charge in [0.25, 0.3) is 0 Å². The van der Waals surface area contributed by atoms with Crippen LogP contribution in [0.4, 0.5) is 0 Å². The molecule has 1 aromatic rings. The van der Waals surface area contributed by atoms with Crippen LogP contribution < -0.4 is 5.73 Å². The summed E-state index contributed by atoms with van der Waals surface area (Å²) in [4.78, 5) is 0. The monoisotopic (exact) mass is 265 g/mol. The second-order valence-electron chi connectivity index (χ2n) is 5.79. The maximum Gasteiger partial charge on any atom is 0.139 e. The van der Waals surface area contributed by atoms with Crippen molar-refractivity contribution in [3.63, 3.8) is 0 Å². The Labute approximate surface area is 113 Å². The summed E-state index contributed by atoms with van der Waals surface area (Å²) in [5.74, 6) is 0.238. The lowest BCUT2D eigenvalue weighted by molar-refractivity contribution is 0.292. The molecule has 0 bridgehead atoms. The van der Waals surface area contributed by atoms with Gasteiger partial charge < -0.3 is 10.8 Å². The maximum absolute atomic E-state index is 10.4. The fourth-order valence-electron chi connectivity index (χ4n) is 3.51. The molecule has 1 saturated carbocycles. The first-order valence-corrected chi connectivity index (χ1v) is 7.32. The molecule has 2 aliphatic rings. The zero-order valence-corrected chi connectivity index (χ0v) is 11.4. The number of halogens is 1. The van der Waals surface area contributed by atoms with Gasteiger partial charge >= 0.3 is 0 Å². The van der Waals surface area contributed by atoms with Gasteiger partial charge in [0.2, 0.25) is 0 Å². The molecule has 1 aromatic carbocycles. The molecule has 3 heteroatoms. The van der Waals surface area contributed by atoms with E-state index in [1.54, 1.807) is 0 Å². The van der Waals surface area contributed by atoms with Gasteiger partial charge in [-0.05, 0) is 49.3 Å². The van der Waals surface area contributed by atoms with Crippen LogP contribution in [0.5, 0.6) is 5.75 Å². The second kappa shape index (κ2) is 4.43. The minimum atomic E-state index is -0.371. The molecular formula is C15H20ClNO. The Bertz CT molecular complexity index is 478. The number of phenols is 1. The number of nitrogens with two attached hydrogens (primary N) is 1. The Hall–Kier alpha value is -0.730. The van der Waals surface area contributed by atoms with E-state index < -0.39 is 0 Å². The quantitative estimate of drug-likeness (QED) is 0.814. The highest BCUT2D eigenvalue weighted by Crippen LogP contribution is 2.45. The summed E-state index contributed by atoms with van der Waals surface area (Å²) in [5.41, 5.74) is 9.47. The fourth-order valence-corrected chi connectivity index (χ4v) is 3.83. The van der Waals surface area contributed by atoms with Crippen LogP contribution in [0.1, 0.15) is 55.2 Å². The van der Waals surface area contributed by atoms with Gasteiger partial charge in [0, 0.05) is 11.1 Å². The zero-order valence-electron chi connectivity index (χ0n) is 10.6. The van der Waals surface area contributed by atoms with Crippen LogP contribution in [0.2, 0.25) is 5.02 Å². The summed E-state index contributed by atoms with van der Waals surface area (Å²) in [6.07, 6.45) is 8.63. The van der Waals surface area contributed by atoms with Gasteiger partial charge in [-0.2, -0.15) is 0 Å². The van der Waals surface area contributed by atoms with Crippen LogP contribution in [-0.2, 0) is 18.4 Å². The predicted molar refractivity (Wildman–Crippen MR) is 74.1 cm³/mol. The first-order valence-electron chi connectivity index (χ1n) is 6.94. The Balaban J connectivity index is 2.09. The van der Waals surface area contributed by atoms with Crippen LogP contribution in [0, 0.1) is 0 Å². The first kappa shape index (κ1) is 12.3. The highest BCUT2D eigenvalue weighted by atomic mass is 35.5. The smallest absolute Gasteiger partial charge is 0.139 e. The zero-order chi connectivity index (χ0) is 12.8. The molecular weight excluding hydrogens is 246 g/mol. The molecule has 0 aliphatic heterocycles. The van der Waals surface area contributed by atoms with Gasteiger partial charge in [0.15, 0.2) is 0 Å². The van der Waals surface area contributed by atoms with E-state index in [4.69, 9.17) is 17.3 Å². The fraction of sp³-hybridized carbons (Fsp3) is 0.600. The molecule has 3 rings (SSSR count). The highest BCUT2D eigenvalue weighted by molar-refractivity contribution is 6.33. The van der Waals surface area contributed by atoms with Crippen LogP contribution in [0.15, 0.2) is 6.07 Å². The summed E-state index contributed by atoms with van der Waals surface area (Å²) in [6, 6.07) is 2.12. The van der Waals surface area contributed by atoms with E-state index in [-0.39, 0.29) is 11.3 Å². The predicted octanol–water partition coefficient (Wildman–Crippen LogP) is 3.65. The van der Waals surface area contributed by atoms with Crippen molar-refractivity contribution in [3.8, 4) is 5.75 Å². The molecule has 1 fully saturated rings. The molecule has 0 amide bonds. The van der Waals surface area contributed by atoms with E-state index in [0.717, 1.165) is 56.1 Å². The first-order chi connectivity index (χ1) is 8.62. The molecule has 98 valence electrons. The Kier molecular flexibility index (Phi) is 3.03. The number of aromatic hydroxyl groups is 1. The van der Waals surface area contributed by atoms with E-state index in [1.807, 2.05) is 0 Å². The van der Waals surface area contributed by atoms with Crippen LogP contribution >= 0.6 is 11.6 Å². The molecule has 0 unspecified atom stereocenters. The van der Waals surface area contributed by atoms with Gasteiger partial charge in [-0.15, -0.1) is 0 Å². The van der Waals surface area contributed by atoms with Crippen molar-refractivity contribution in [1.29, 1.82) is 0 Å². The SMILES string of the molecule is NC1(c2cc3c(c(Cl)c2O)CCC3)CCCCC1. The third-order valence-electron chi connectivity index (χ3n) is 4.59. The molecule has 0 atom stereocenters. The van der Waals surface area contributed by atoms with Crippen LogP contribution in [-0.4, -0.2) is 5.11 Å². The Morgan fingerprint density at radius 1 is 1.11 bits per heavy atom. The number of rotatable bonds is 1. The summed E-state index contributed by atoms with van der Waals surface area (Å²) in [7, 11) is 0. The topological polar surface area (TPSA) is 46.2 Å². The molecule has 2 aliphatic carbocycles. The van der Waals surface area contributed by atoms with Gasteiger partial charge in [0.05, 0.1) is 5.02 Å². The molecule has 3 N–H and O–H groups in total. The number of fused-ring (bicyclic) bond motifs is 1. The normalized spacial score (nSPS) is 21.9. The third kappa shape index (κ3) is 1.83.